The number of hydrogen-bond donors (Lipinski definition) is 1. The van der Waals surface area contributed by atoms with Crippen LogP contribution in [0.4, 0.5) is 0 Å². The Morgan fingerprint density at radius 3 is 2.63 bits per heavy atom. The maximum atomic E-state index is 12.4. The summed E-state index contributed by atoms with van der Waals surface area (Å²) in [4.78, 5) is 18.5. The summed E-state index contributed by atoms with van der Waals surface area (Å²) < 4.78 is 0. The zero-order chi connectivity index (χ0) is 14.0. The van der Waals surface area contributed by atoms with Crippen molar-refractivity contribution < 1.29 is 4.79 Å². The SMILES string of the molecule is CC(C)c1nc(C(=O)N(C)C2CCCCC2C)n[nH]1. The molecule has 2 atom stereocenters. The van der Waals surface area contributed by atoms with Gasteiger partial charge in [0.1, 0.15) is 5.82 Å². The van der Waals surface area contributed by atoms with Crippen molar-refractivity contribution in [1.29, 1.82) is 0 Å². The monoisotopic (exact) mass is 264 g/mol. The third-order valence-electron chi connectivity index (χ3n) is 4.12. The van der Waals surface area contributed by atoms with E-state index in [0.717, 1.165) is 12.2 Å². The highest BCUT2D eigenvalue weighted by molar-refractivity contribution is 5.90. The van der Waals surface area contributed by atoms with E-state index in [1.165, 1.54) is 19.3 Å². The highest BCUT2D eigenvalue weighted by Crippen LogP contribution is 2.27. The van der Waals surface area contributed by atoms with Crippen molar-refractivity contribution in [2.75, 3.05) is 7.05 Å². The highest BCUT2D eigenvalue weighted by Gasteiger charge is 2.30. The number of aromatic amines is 1. The summed E-state index contributed by atoms with van der Waals surface area (Å²) in [7, 11) is 1.88. The summed E-state index contributed by atoms with van der Waals surface area (Å²) >= 11 is 0. The fourth-order valence-electron chi connectivity index (χ4n) is 2.81. The summed E-state index contributed by atoms with van der Waals surface area (Å²) in [6.07, 6.45) is 4.77. The molecule has 5 nitrogen and oxygen atoms in total. The minimum atomic E-state index is -0.0677. The second kappa shape index (κ2) is 5.72. The van der Waals surface area contributed by atoms with Gasteiger partial charge < -0.3 is 4.90 Å². The van der Waals surface area contributed by atoms with Crippen LogP contribution in [0.1, 0.15) is 68.8 Å². The zero-order valence-electron chi connectivity index (χ0n) is 12.3. The molecule has 1 aromatic heterocycles. The fraction of sp³-hybridized carbons (Fsp3) is 0.786. The molecule has 1 aliphatic carbocycles. The number of carbonyl (C=O) groups excluding carboxylic acids is 1. The Hall–Kier alpha value is -1.39. The first-order chi connectivity index (χ1) is 9.00. The molecule has 0 radical (unpaired) electrons. The van der Waals surface area contributed by atoms with Gasteiger partial charge in [-0.05, 0) is 18.8 Å². The van der Waals surface area contributed by atoms with E-state index in [1.54, 1.807) is 0 Å². The molecule has 0 aliphatic heterocycles. The lowest BCUT2D eigenvalue weighted by Crippen LogP contribution is -2.43. The summed E-state index contributed by atoms with van der Waals surface area (Å²) in [5, 5.41) is 6.90. The second-order valence-electron chi connectivity index (χ2n) is 5.94. The number of aromatic nitrogens is 3. The Morgan fingerprint density at radius 2 is 2.05 bits per heavy atom. The van der Waals surface area contributed by atoms with E-state index in [4.69, 9.17) is 0 Å². The molecule has 0 aromatic carbocycles. The van der Waals surface area contributed by atoms with E-state index in [1.807, 2.05) is 25.8 Å². The predicted molar refractivity (Wildman–Crippen MR) is 74.0 cm³/mol. The average Bonchev–Trinajstić information content (AvgIpc) is 2.87. The van der Waals surface area contributed by atoms with Crippen molar-refractivity contribution in [1.82, 2.24) is 20.1 Å². The molecule has 1 aliphatic rings. The number of nitrogens with one attached hydrogen (secondary N) is 1. The van der Waals surface area contributed by atoms with Gasteiger partial charge in [0.15, 0.2) is 0 Å². The quantitative estimate of drug-likeness (QED) is 0.912. The average molecular weight is 264 g/mol. The van der Waals surface area contributed by atoms with Gasteiger partial charge in [-0.25, -0.2) is 4.98 Å². The van der Waals surface area contributed by atoms with Gasteiger partial charge >= 0.3 is 0 Å². The molecule has 5 heteroatoms. The van der Waals surface area contributed by atoms with E-state index in [0.29, 0.717) is 17.8 Å². The van der Waals surface area contributed by atoms with Crippen molar-refractivity contribution >= 4 is 5.91 Å². The lowest BCUT2D eigenvalue weighted by Gasteiger charge is -2.35. The highest BCUT2D eigenvalue weighted by atomic mass is 16.2. The van der Waals surface area contributed by atoms with Gasteiger partial charge in [-0.2, -0.15) is 0 Å². The van der Waals surface area contributed by atoms with Crippen molar-refractivity contribution in [2.24, 2.45) is 5.92 Å². The second-order valence-corrected chi connectivity index (χ2v) is 5.94. The Labute approximate surface area is 114 Å². The van der Waals surface area contributed by atoms with Crippen LogP contribution in [0.25, 0.3) is 0 Å². The van der Waals surface area contributed by atoms with Crippen LogP contribution in [-0.2, 0) is 0 Å². The van der Waals surface area contributed by atoms with Gasteiger partial charge in [-0.1, -0.05) is 33.6 Å². The number of nitrogens with zero attached hydrogens (tertiary/aromatic N) is 3. The molecule has 106 valence electrons. The first-order valence-electron chi connectivity index (χ1n) is 7.20. The molecule has 2 rings (SSSR count). The van der Waals surface area contributed by atoms with Gasteiger partial charge in [-0.3, -0.25) is 9.89 Å². The van der Waals surface area contributed by atoms with E-state index in [-0.39, 0.29) is 11.8 Å². The maximum absolute atomic E-state index is 12.4. The Morgan fingerprint density at radius 1 is 1.37 bits per heavy atom. The smallest absolute Gasteiger partial charge is 0.293 e. The molecule has 0 saturated heterocycles. The Bertz CT molecular complexity index is 440. The molecule has 0 bridgehead atoms. The lowest BCUT2D eigenvalue weighted by molar-refractivity contribution is 0.0617. The normalized spacial score (nSPS) is 23.6. The molecule has 1 heterocycles. The molecular formula is C14H24N4O. The van der Waals surface area contributed by atoms with Crippen molar-refractivity contribution in [3.8, 4) is 0 Å². The van der Waals surface area contributed by atoms with Crippen LogP contribution in [0.3, 0.4) is 0 Å². The Balaban J connectivity index is 2.09. The first-order valence-corrected chi connectivity index (χ1v) is 7.20. The standard InChI is InChI=1S/C14H24N4O/c1-9(2)12-15-13(17-16-12)14(19)18(4)11-8-6-5-7-10(11)3/h9-11H,5-8H2,1-4H3,(H,15,16,17). The summed E-state index contributed by atoms with van der Waals surface area (Å²) in [5.41, 5.74) is 0. The van der Waals surface area contributed by atoms with E-state index in [2.05, 4.69) is 22.1 Å². The number of hydrogen-bond acceptors (Lipinski definition) is 3. The molecule has 19 heavy (non-hydrogen) atoms. The van der Waals surface area contributed by atoms with Gasteiger partial charge in [-0.15, -0.1) is 5.10 Å². The number of rotatable bonds is 3. The number of carbonyl (C=O) groups is 1. The predicted octanol–water partition coefficient (Wildman–Crippen LogP) is 2.58. The van der Waals surface area contributed by atoms with Gasteiger partial charge in [0.2, 0.25) is 5.82 Å². The summed E-state index contributed by atoms with van der Waals surface area (Å²) in [5.74, 6) is 1.82. The van der Waals surface area contributed by atoms with Crippen LogP contribution in [0.5, 0.6) is 0 Å². The first kappa shape index (κ1) is 14.0. The number of H-pyrrole nitrogens is 1. The molecule has 1 fully saturated rings. The van der Waals surface area contributed by atoms with E-state index in [9.17, 15) is 4.79 Å². The molecule has 1 saturated carbocycles. The van der Waals surface area contributed by atoms with E-state index < -0.39 is 0 Å². The molecule has 0 spiro atoms. The van der Waals surface area contributed by atoms with Crippen LogP contribution < -0.4 is 0 Å². The molecule has 2 unspecified atom stereocenters. The van der Waals surface area contributed by atoms with Crippen molar-refractivity contribution in [3.05, 3.63) is 11.6 Å². The minimum absolute atomic E-state index is 0.0677. The van der Waals surface area contributed by atoms with Crippen LogP contribution in [0.15, 0.2) is 0 Å². The maximum Gasteiger partial charge on any atom is 0.293 e. The molecule has 1 N–H and O–H groups in total. The van der Waals surface area contributed by atoms with Crippen molar-refractivity contribution in [3.63, 3.8) is 0 Å². The van der Waals surface area contributed by atoms with Crippen molar-refractivity contribution in [2.45, 2.75) is 58.4 Å². The minimum Gasteiger partial charge on any atom is -0.336 e. The molecular weight excluding hydrogens is 240 g/mol. The van der Waals surface area contributed by atoms with Gasteiger partial charge in [0.25, 0.3) is 5.91 Å². The number of amides is 1. The molecule has 1 amide bonds. The van der Waals surface area contributed by atoms with Crippen LogP contribution in [0.2, 0.25) is 0 Å². The third kappa shape index (κ3) is 2.96. The summed E-state index contributed by atoms with van der Waals surface area (Å²) in [6, 6.07) is 0.322. The topological polar surface area (TPSA) is 61.9 Å². The lowest BCUT2D eigenvalue weighted by atomic mass is 9.85. The van der Waals surface area contributed by atoms with E-state index >= 15 is 0 Å². The van der Waals surface area contributed by atoms with Crippen LogP contribution >= 0.6 is 0 Å². The zero-order valence-corrected chi connectivity index (χ0v) is 12.3. The van der Waals surface area contributed by atoms with Gasteiger partial charge in [0.05, 0.1) is 0 Å². The fourth-order valence-corrected chi connectivity index (χ4v) is 2.81. The summed E-state index contributed by atoms with van der Waals surface area (Å²) in [6.45, 7) is 6.29. The third-order valence-corrected chi connectivity index (χ3v) is 4.12. The Kier molecular flexibility index (Phi) is 4.22. The van der Waals surface area contributed by atoms with Gasteiger partial charge in [0, 0.05) is 19.0 Å². The van der Waals surface area contributed by atoms with Crippen LogP contribution in [-0.4, -0.2) is 39.1 Å². The molecule has 1 aromatic rings. The largest absolute Gasteiger partial charge is 0.336 e. The van der Waals surface area contributed by atoms with Crippen LogP contribution in [0, 0.1) is 5.92 Å².